The largest absolute Gasteiger partial charge is 0.326 e. The number of H-pyrrole nitrogens is 1. The van der Waals surface area contributed by atoms with E-state index in [1.54, 1.807) is 12.4 Å². The third-order valence-corrected chi connectivity index (χ3v) is 2.32. The van der Waals surface area contributed by atoms with E-state index in [0.717, 1.165) is 11.0 Å². The molecule has 0 saturated heterocycles. The maximum atomic E-state index is 11.4. The van der Waals surface area contributed by atoms with Gasteiger partial charge in [0.1, 0.15) is 0 Å². The average Bonchev–Trinajstić information content (AvgIpc) is 2.51. The van der Waals surface area contributed by atoms with Gasteiger partial charge in [-0.05, 0) is 12.1 Å². The van der Waals surface area contributed by atoms with Crippen molar-refractivity contribution < 1.29 is 0 Å². The van der Waals surface area contributed by atoms with Crippen molar-refractivity contribution in [2.45, 2.75) is 0 Å². The molecule has 72 valence electrons. The third kappa shape index (κ3) is 1.19. The highest BCUT2D eigenvalue weighted by Crippen LogP contribution is 2.15. The third-order valence-electron chi connectivity index (χ3n) is 2.32. The fraction of sp³-hybridized carbons (Fsp3) is 0. The van der Waals surface area contributed by atoms with Crippen LogP contribution in [0, 0.1) is 0 Å². The molecule has 2 heterocycles. The van der Waals surface area contributed by atoms with E-state index < -0.39 is 0 Å². The Morgan fingerprint density at radius 2 is 1.93 bits per heavy atom. The summed E-state index contributed by atoms with van der Waals surface area (Å²) in [6.07, 6.45) is 3.16. The van der Waals surface area contributed by atoms with Gasteiger partial charge in [0.2, 0.25) is 0 Å². The minimum atomic E-state index is -0.148. The van der Waals surface area contributed by atoms with E-state index in [4.69, 9.17) is 0 Å². The molecule has 15 heavy (non-hydrogen) atoms. The molecule has 0 aliphatic carbocycles. The molecule has 0 aromatic heterocycles. The summed E-state index contributed by atoms with van der Waals surface area (Å²) in [6.45, 7) is 0. The first-order chi connectivity index (χ1) is 7.34. The average molecular weight is 197 g/mol. The first kappa shape index (κ1) is 8.11. The number of hydrogen-bond acceptors (Lipinski definition) is 3. The van der Waals surface area contributed by atoms with Gasteiger partial charge in [-0.15, -0.1) is 0 Å². The minimum absolute atomic E-state index is 0.148. The number of benzene rings is 1. The highest BCUT2D eigenvalue weighted by atomic mass is 16.1. The summed E-state index contributed by atoms with van der Waals surface area (Å²) in [4.78, 5) is 22.5. The second-order valence-electron chi connectivity index (χ2n) is 3.28. The van der Waals surface area contributed by atoms with Gasteiger partial charge in [0.25, 0.3) is 5.56 Å². The van der Waals surface area contributed by atoms with E-state index in [-0.39, 0.29) is 5.56 Å². The number of aromatic amines is 1. The molecule has 2 aliphatic heterocycles. The predicted molar refractivity (Wildman–Crippen MR) is 56.8 cm³/mol. The summed E-state index contributed by atoms with van der Waals surface area (Å²) in [5, 5.41) is 0. The van der Waals surface area contributed by atoms with Crippen molar-refractivity contribution >= 4 is 11.0 Å². The van der Waals surface area contributed by atoms with Crippen LogP contribution in [0.2, 0.25) is 0 Å². The highest BCUT2D eigenvalue weighted by Gasteiger charge is 2.08. The van der Waals surface area contributed by atoms with Gasteiger partial charge in [0, 0.05) is 12.4 Å². The zero-order valence-corrected chi connectivity index (χ0v) is 7.77. The Labute approximate surface area is 85.0 Å². The smallest absolute Gasteiger partial charge is 0.259 e. The van der Waals surface area contributed by atoms with Gasteiger partial charge >= 0.3 is 0 Å². The normalized spacial score (nSPS) is 10.9. The van der Waals surface area contributed by atoms with E-state index in [9.17, 15) is 4.79 Å². The Kier molecular flexibility index (Phi) is 1.56. The SMILES string of the molecule is O=c1[nH]cc2nc3ccccc3ncc1-2. The van der Waals surface area contributed by atoms with Crippen LogP contribution in [0.25, 0.3) is 22.3 Å². The Bertz CT molecular complexity index is 659. The van der Waals surface area contributed by atoms with E-state index >= 15 is 0 Å². The summed E-state index contributed by atoms with van der Waals surface area (Å²) >= 11 is 0. The standard InChI is InChI=1S/C11H7N3O/c15-11-7-5-12-8-3-1-2-4-9(8)14-10(7)6-13-11/h1-6H,(H,13,15). The van der Waals surface area contributed by atoms with Crippen molar-refractivity contribution in [3.8, 4) is 11.3 Å². The van der Waals surface area contributed by atoms with Crippen LogP contribution >= 0.6 is 0 Å². The van der Waals surface area contributed by atoms with Crippen molar-refractivity contribution in [3.63, 3.8) is 0 Å². The van der Waals surface area contributed by atoms with Crippen LogP contribution in [0.4, 0.5) is 0 Å². The molecule has 0 spiro atoms. The lowest BCUT2D eigenvalue weighted by atomic mass is 10.3. The van der Waals surface area contributed by atoms with Gasteiger partial charge in [-0.3, -0.25) is 9.78 Å². The van der Waals surface area contributed by atoms with Crippen molar-refractivity contribution in [3.05, 3.63) is 47.0 Å². The Balaban J connectivity index is 2.51. The minimum Gasteiger partial charge on any atom is -0.326 e. The summed E-state index contributed by atoms with van der Waals surface area (Å²) in [7, 11) is 0. The Morgan fingerprint density at radius 3 is 2.80 bits per heavy atom. The molecule has 3 rings (SSSR count). The Morgan fingerprint density at radius 1 is 1.13 bits per heavy atom. The fourth-order valence-electron chi connectivity index (χ4n) is 1.55. The zero-order chi connectivity index (χ0) is 10.3. The van der Waals surface area contributed by atoms with Gasteiger partial charge in [0.05, 0.1) is 22.3 Å². The molecule has 0 atom stereocenters. The van der Waals surface area contributed by atoms with Crippen LogP contribution in [0.5, 0.6) is 0 Å². The molecule has 0 unspecified atom stereocenters. The molecule has 1 aromatic rings. The molecule has 2 aliphatic rings. The molecular formula is C11H7N3O. The lowest BCUT2D eigenvalue weighted by molar-refractivity contribution is 1.31. The maximum absolute atomic E-state index is 11.4. The molecule has 4 nitrogen and oxygen atoms in total. The number of hydrogen-bond donors (Lipinski definition) is 1. The lowest BCUT2D eigenvalue weighted by Crippen LogP contribution is -1.98. The van der Waals surface area contributed by atoms with Crippen LogP contribution in [0.15, 0.2) is 41.5 Å². The summed E-state index contributed by atoms with van der Waals surface area (Å²) in [5.74, 6) is 0. The number of para-hydroxylation sites is 2. The molecule has 1 N–H and O–H groups in total. The molecule has 0 bridgehead atoms. The van der Waals surface area contributed by atoms with Crippen LogP contribution in [0.3, 0.4) is 0 Å². The summed E-state index contributed by atoms with van der Waals surface area (Å²) in [6, 6.07) is 7.54. The maximum Gasteiger partial charge on any atom is 0.259 e. The number of fused-ring (bicyclic) bond motifs is 2. The molecule has 0 amide bonds. The fourth-order valence-corrected chi connectivity index (χ4v) is 1.55. The van der Waals surface area contributed by atoms with Crippen molar-refractivity contribution in [1.82, 2.24) is 15.0 Å². The number of rotatable bonds is 0. The molecule has 0 saturated carbocycles. The predicted octanol–water partition coefficient (Wildman–Crippen LogP) is 1.42. The topological polar surface area (TPSA) is 58.6 Å². The molecule has 4 heteroatoms. The molecule has 0 radical (unpaired) electrons. The van der Waals surface area contributed by atoms with Crippen LogP contribution < -0.4 is 5.56 Å². The number of aromatic nitrogens is 3. The van der Waals surface area contributed by atoms with Gasteiger partial charge in [-0.25, -0.2) is 4.98 Å². The zero-order valence-electron chi connectivity index (χ0n) is 7.77. The lowest BCUT2D eigenvalue weighted by Gasteiger charge is -1.87. The highest BCUT2D eigenvalue weighted by molar-refractivity contribution is 5.76. The van der Waals surface area contributed by atoms with Crippen LogP contribution in [0.1, 0.15) is 0 Å². The second-order valence-corrected chi connectivity index (χ2v) is 3.28. The Hall–Kier alpha value is -2.23. The van der Waals surface area contributed by atoms with Gasteiger partial charge in [-0.2, -0.15) is 0 Å². The molecular weight excluding hydrogens is 190 g/mol. The number of nitrogens with one attached hydrogen (secondary N) is 1. The van der Waals surface area contributed by atoms with Crippen molar-refractivity contribution in [2.24, 2.45) is 0 Å². The molecule has 1 aromatic carbocycles. The summed E-state index contributed by atoms with van der Waals surface area (Å²) in [5.41, 5.74) is 2.59. The first-order valence-corrected chi connectivity index (χ1v) is 4.58. The second kappa shape index (κ2) is 2.88. The van der Waals surface area contributed by atoms with E-state index in [0.29, 0.717) is 11.3 Å². The molecule has 0 fully saturated rings. The first-order valence-electron chi connectivity index (χ1n) is 4.58. The van der Waals surface area contributed by atoms with Crippen LogP contribution in [-0.2, 0) is 0 Å². The van der Waals surface area contributed by atoms with Gasteiger partial charge in [-0.1, -0.05) is 12.1 Å². The van der Waals surface area contributed by atoms with Crippen LogP contribution in [-0.4, -0.2) is 15.0 Å². The van der Waals surface area contributed by atoms with E-state index in [2.05, 4.69) is 15.0 Å². The van der Waals surface area contributed by atoms with Gasteiger partial charge in [0.15, 0.2) is 0 Å². The number of nitrogens with zero attached hydrogens (tertiary/aromatic N) is 2. The van der Waals surface area contributed by atoms with Crippen molar-refractivity contribution in [1.29, 1.82) is 0 Å². The van der Waals surface area contributed by atoms with E-state index in [1.807, 2.05) is 24.3 Å². The monoisotopic (exact) mass is 197 g/mol. The van der Waals surface area contributed by atoms with E-state index in [1.165, 1.54) is 0 Å². The quantitative estimate of drug-likeness (QED) is 0.593. The van der Waals surface area contributed by atoms with Crippen molar-refractivity contribution in [2.75, 3.05) is 0 Å². The van der Waals surface area contributed by atoms with Gasteiger partial charge < -0.3 is 4.98 Å². The summed E-state index contributed by atoms with van der Waals surface area (Å²) < 4.78 is 0.